The molecule has 0 aliphatic carbocycles. The normalized spacial score (nSPS) is 19.3. The fourth-order valence-corrected chi connectivity index (χ4v) is 4.64. The summed E-state index contributed by atoms with van der Waals surface area (Å²) in [6.07, 6.45) is 2.60. The van der Waals surface area contributed by atoms with Crippen molar-refractivity contribution in [1.82, 2.24) is 30.1 Å². The zero-order valence-electron chi connectivity index (χ0n) is 16.9. The number of likely N-dealkylation sites (N-methyl/N-ethyl adjacent to an activating group) is 1. The minimum absolute atomic E-state index is 0.0255. The number of hydrogen-bond acceptors (Lipinski definition) is 7. The van der Waals surface area contributed by atoms with Crippen molar-refractivity contribution in [2.75, 3.05) is 44.7 Å². The zero-order valence-corrected chi connectivity index (χ0v) is 17.7. The van der Waals surface area contributed by atoms with Gasteiger partial charge in [-0.3, -0.25) is 4.79 Å². The van der Waals surface area contributed by atoms with E-state index in [2.05, 4.69) is 20.2 Å². The first-order valence-corrected chi connectivity index (χ1v) is 10.5. The Morgan fingerprint density at radius 2 is 2.10 bits per heavy atom. The number of urea groups is 1. The number of nitrogens with zero attached hydrogens (tertiary/aromatic N) is 6. The summed E-state index contributed by atoms with van der Waals surface area (Å²) in [6, 6.07) is 1.84. The van der Waals surface area contributed by atoms with E-state index >= 15 is 0 Å². The molecule has 29 heavy (non-hydrogen) atoms. The summed E-state index contributed by atoms with van der Waals surface area (Å²) in [5, 5.41) is 4.06. The van der Waals surface area contributed by atoms with Gasteiger partial charge in [0.15, 0.2) is 0 Å². The second-order valence-electron chi connectivity index (χ2n) is 7.51. The van der Waals surface area contributed by atoms with E-state index in [1.165, 1.54) is 0 Å². The Morgan fingerprint density at radius 3 is 2.79 bits per heavy atom. The lowest BCUT2D eigenvalue weighted by atomic mass is 10.2. The lowest BCUT2D eigenvalue weighted by Gasteiger charge is -2.19. The van der Waals surface area contributed by atoms with E-state index in [-0.39, 0.29) is 24.5 Å². The molecule has 1 N–H and O–H groups in total. The number of anilines is 1. The van der Waals surface area contributed by atoms with Crippen LogP contribution in [0.15, 0.2) is 12.3 Å². The van der Waals surface area contributed by atoms with Crippen LogP contribution in [0.5, 0.6) is 0 Å². The summed E-state index contributed by atoms with van der Waals surface area (Å²) in [4.78, 5) is 44.3. The highest BCUT2D eigenvalue weighted by atomic mass is 32.1. The van der Waals surface area contributed by atoms with E-state index in [1.807, 2.05) is 19.9 Å². The number of aromatic nitrogens is 3. The van der Waals surface area contributed by atoms with Crippen LogP contribution in [0.1, 0.15) is 17.1 Å². The summed E-state index contributed by atoms with van der Waals surface area (Å²) >= 11 is 1.63. The third kappa shape index (κ3) is 4.16. The van der Waals surface area contributed by atoms with Crippen molar-refractivity contribution in [3.63, 3.8) is 0 Å². The minimum atomic E-state index is -0.120. The molecule has 2 aliphatic heterocycles. The molecule has 2 fully saturated rings. The Hall–Kier alpha value is -2.75. The molecule has 4 heterocycles. The average molecular weight is 416 g/mol. The predicted molar refractivity (Wildman–Crippen MR) is 111 cm³/mol. The Balaban J connectivity index is 1.36. The Bertz CT molecular complexity index is 931. The number of rotatable bonds is 5. The Morgan fingerprint density at radius 1 is 1.28 bits per heavy atom. The molecule has 1 unspecified atom stereocenters. The van der Waals surface area contributed by atoms with Crippen LogP contribution in [0.25, 0.3) is 10.6 Å². The fraction of sp³-hybridized carbons (Fsp3) is 0.526. The lowest BCUT2D eigenvalue weighted by molar-refractivity contribution is -0.122. The smallest absolute Gasteiger partial charge is 0.320 e. The summed E-state index contributed by atoms with van der Waals surface area (Å²) in [6.45, 7) is 6.78. The van der Waals surface area contributed by atoms with E-state index in [0.717, 1.165) is 34.2 Å². The van der Waals surface area contributed by atoms with E-state index in [0.29, 0.717) is 25.6 Å². The largest absolute Gasteiger partial charge is 0.350 e. The maximum Gasteiger partial charge on any atom is 0.320 e. The Kier molecular flexibility index (Phi) is 5.35. The van der Waals surface area contributed by atoms with Crippen molar-refractivity contribution in [2.24, 2.45) is 0 Å². The topological polar surface area (TPSA) is 94.6 Å². The summed E-state index contributed by atoms with van der Waals surface area (Å²) in [7, 11) is 1.75. The standard InChI is InChI=1S/C19H25N7O2S/c1-12-17(29-13(2)21-12)15-4-6-20-18(23-15)25-7-5-14(10-25)22-16(27)11-26-9-8-24(3)19(26)28/h4,6,14H,5,7-11H2,1-3H3,(H,22,27). The quantitative estimate of drug-likeness (QED) is 0.791. The van der Waals surface area contributed by atoms with Gasteiger partial charge in [0.05, 0.1) is 21.3 Å². The van der Waals surface area contributed by atoms with Gasteiger partial charge in [-0.1, -0.05) is 0 Å². The maximum atomic E-state index is 12.4. The highest BCUT2D eigenvalue weighted by molar-refractivity contribution is 7.15. The van der Waals surface area contributed by atoms with Crippen molar-refractivity contribution >= 4 is 29.2 Å². The zero-order chi connectivity index (χ0) is 20.5. The number of carbonyl (C=O) groups is 2. The summed E-state index contributed by atoms with van der Waals surface area (Å²) in [5.41, 5.74) is 1.85. The molecule has 154 valence electrons. The van der Waals surface area contributed by atoms with Gasteiger partial charge >= 0.3 is 6.03 Å². The van der Waals surface area contributed by atoms with Crippen molar-refractivity contribution in [1.29, 1.82) is 0 Å². The van der Waals surface area contributed by atoms with Gasteiger partial charge in [-0.05, 0) is 26.3 Å². The monoisotopic (exact) mass is 415 g/mol. The minimum Gasteiger partial charge on any atom is -0.350 e. The van der Waals surface area contributed by atoms with Crippen LogP contribution in [-0.2, 0) is 4.79 Å². The summed E-state index contributed by atoms with van der Waals surface area (Å²) in [5.74, 6) is 0.548. The molecule has 1 atom stereocenters. The van der Waals surface area contributed by atoms with Gasteiger partial charge in [-0.2, -0.15) is 0 Å². The van der Waals surface area contributed by atoms with Gasteiger partial charge in [-0.15, -0.1) is 11.3 Å². The third-order valence-corrected chi connectivity index (χ3v) is 6.35. The molecule has 0 spiro atoms. The van der Waals surface area contributed by atoms with Crippen LogP contribution >= 0.6 is 11.3 Å². The third-order valence-electron chi connectivity index (χ3n) is 5.25. The van der Waals surface area contributed by atoms with Crippen LogP contribution in [0.2, 0.25) is 0 Å². The van der Waals surface area contributed by atoms with E-state index in [9.17, 15) is 9.59 Å². The number of amides is 3. The molecule has 9 nitrogen and oxygen atoms in total. The first kappa shape index (κ1) is 19.6. The van der Waals surface area contributed by atoms with Gasteiger partial charge in [0.2, 0.25) is 11.9 Å². The predicted octanol–water partition coefficient (Wildman–Crippen LogP) is 1.28. The number of hydrogen-bond donors (Lipinski definition) is 1. The average Bonchev–Trinajstić information content (AvgIpc) is 3.37. The van der Waals surface area contributed by atoms with E-state index < -0.39 is 0 Å². The van der Waals surface area contributed by atoms with Gasteiger partial charge in [0, 0.05) is 45.5 Å². The van der Waals surface area contributed by atoms with Crippen LogP contribution in [-0.4, -0.2) is 82.5 Å². The lowest BCUT2D eigenvalue weighted by Crippen LogP contribution is -2.44. The summed E-state index contributed by atoms with van der Waals surface area (Å²) < 4.78 is 0. The van der Waals surface area contributed by atoms with Crippen LogP contribution in [0.3, 0.4) is 0 Å². The number of aryl methyl sites for hydroxylation is 2. The van der Waals surface area contributed by atoms with Crippen molar-refractivity contribution < 1.29 is 9.59 Å². The van der Waals surface area contributed by atoms with Gasteiger partial charge in [-0.25, -0.2) is 19.7 Å². The molecular formula is C19H25N7O2S. The van der Waals surface area contributed by atoms with Gasteiger partial charge in [0.25, 0.3) is 0 Å². The molecule has 2 aromatic rings. The molecular weight excluding hydrogens is 390 g/mol. The molecule has 10 heteroatoms. The van der Waals surface area contributed by atoms with Gasteiger partial charge in [0.1, 0.15) is 6.54 Å². The van der Waals surface area contributed by atoms with Crippen LogP contribution < -0.4 is 10.2 Å². The SMILES string of the molecule is Cc1nc(C)c(-c2ccnc(N3CCC(NC(=O)CN4CCN(C)C4=O)C3)n2)s1. The highest BCUT2D eigenvalue weighted by Crippen LogP contribution is 2.29. The second kappa shape index (κ2) is 7.94. The molecule has 2 aromatic heterocycles. The molecule has 0 bridgehead atoms. The molecule has 0 radical (unpaired) electrons. The molecule has 2 aliphatic rings. The number of nitrogens with one attached hydrogen (secondary N) is 1. The molecule has 0 aromatic carbocycles. The number of thiazole rings is 1. The number of carbonyl (C=O) groups excluding carboxylic acids is 2. The van der Waals surface area contributed by atoms with Gasteiger partial charge < -0.3 is 20.0 Å². The second-order valence-corrected chi connectivity index (χ2v) is 8.72. The van der Waals surface area contributed by atoms with Crippen molar-refractivity contribution in [3.8, 4) is 10.6 Å². The van der Waals surface area contributed by atoms with E-state index in [1.54, 1.807) is 34.4 Å². The van der Waals surface area contributed by atoms with Crippen LogP contribution in [0.4, 0.5) is 10.7 Å². The van der Waals surface area contributed by atoms with Crippen LogP contribution in [0, 0.1) is 13.8 Å². The molecule has 4 rings (SSSR count). The van der Waals surface area contributed by atoms with Crippen molar-refractivity contribution in [3.05, 3.63) is 23.0 Å². The highest BCUT2D eigenvalue weighted by Gasteiger charge is 2.30. The fourth-order valence-electron chi connectivity index (χ4n) is 3.75. The first-order valence-electron chi connectivity index (χ1n) is 9.72. The van der Waals surface area contributed by atoms with Crippen molar-refractivity contribution in [2.45, 2.75) is 26.3 Å². The molecule has 3 amide bonds. The molecule has 2 saturated heterocycles. The molecule has 0 saturated carbocycles. The first-order chi connectivity index (χ1) is 13.9. The Labute approximate surface area is 173 Å². The van der Waals surface area contributed by atoms with E-state index in [4.69, 9.17) is 4.98 Å². The maximum absolute atomic E-state index is 12.4.